The maximum absolute atomic E-state index is 12.9. The van der Waals surface area contributed by atoms with Gasteiger partial charge in [0.25, 0.3) is 0 Å². The minimum Gasteiger partial charge on any atom is -0.315 e. The molecule has 0 amide bonds. The van der Waals surface area contributed by atoms with Crippen molar-refractivity contribution in [2.45, 2.75) is 38.3 Å². The van der Waals surface area contributed by atoms with Gasteiger partial charge in [-0.2, -0.15) is 0 Å². The van der Waals surface area contributed by atoms with Gasteiger partial charge in [-0.3, -0.25) is 0 Å². The molecule has 1 unspecified atom stereocenters. The summed E-state index contributed by atoms with van der Waals surface area (Å²) in [5, 5.41) is 7.04. The summed E-state index contributed by atoms with van der Waals surface area (Å²) >= 11 is 0. The lowest BCUT2D eigenvalue weighted by Gasteiger charge is -2.34. The Morgan fingerprint density at radius 3 is 2.59 bits per heavy atom. The third-order valence-electron chi connectivity index (χ3n) is 3.43. The zero-order valence-corrected chi connectivity index (χ0v) is 10.6. The van der Waals surface area contributed by atoms with Crippen molar-refractivity contribution in [1.82, 2.24) is 10.6 Å². The number of nitrogens with one attached hydrogen (secondary N) is 2. The van der Waals surface area contributed by atoms with E-state index in [1.807, 2.05) is 12.1 Å². The number of benzene rings is 1. The number of hydrogen-bond acceptors (Lipinski definition) is 2. The number of piperidine rings is 1. The standard InChI is InChI=1S/C14H21FN2/c1-14(2,11-5-7-12(15)8-6-11)17-13-4-3-9-16-10-13/h5-8,13,16-17H,3-4,9-10H2,1-2H3. The summed E-state index contributed by atoms with van der Waals surface area (Å²) in [4.78, 5) is 0. The molecule has 17 heavy (non-hydrogen) atoms. The summed E-state index contributed by atoms with van der Waals surface area (Å²) in [6.45, 7) is 6.43. The quantitative estimate of drug-likeness (QED) is 0.842. The molecule has 0 aliphatic carbocycles. The van der Waals surface area contributed by atoms with Gasteiger partial charge < -0.3 is 10.6 Å². The molecular weight excluding hydrogens is 215 g/mol. The average molecular weight is 236 g/mol. The molecule has 2 nitrogen and oxygen atoms in total. The molecule has 1 heterocycles. The predicted molar refractivity (Wildman–Crippen MR) is 68.5 cm³/mol. The maximum atomic E-state index is 12.9. The van der Waals surface area contributed by atoms with E-state index < -0.39 is 0 Å². The van der Waals surface area contributed by atoms with Gasteiger partial charge in [0.2, 0.25) is 0 Å². The van der Waals surface area contributed by atoms with Gasteiger partial charge in [0.15, 0.2) is 0 Å². The van der Waals surface area contributed by atoms with Crippen LogP contribution in [0.4, 0.5) is 4.39 Å². The van der Waals surface area contributed by atoms with Crippen LogP contribution >= 0.6 is 0 Å². The van der Waals surface area contributed by atoms with Crippen LogP contribution in [0, 0.1) is 5.82 Å². The zero-order chi connectivity index (χ0) is 12.3. The van der Waals surface area contributed by atoms with Crippen molar-refractivity contribution < 1.29 is 4.39 Å². The summed E-state index contributed by atoms with van der Waals surface area (Å²) in [7, 11) is 0. The van der Waals surface area contributed by atoms with Crippen LogP contribution in [0.5, 0.6) is 0 Å². The largest absolute Gasteiger partial charge is 0.315 e. The highest BCUT2D eigenvalue weighted by Crippen LogP contribution is 2.22. The Balaban J connectivity index is 2.04. The van der Waals surface area contributed by atoms with Gasteiger partial charge in [-0.1, -0.05) is 12.1 Å². The van der Waals surface area contributed by atoms with E-state index in [9.17, 15) is 4.39 Å². The van der Waals surface area contributed by atoms with Crippen molar-refractivity contribution in [1.29, 1.82) is 0 Å². The normalized spacial score (nSPS) is 21.5. The Labute approximate surface area is 103 Å². The number of rotatable bonds is 3. The molecule has 1 aliphatic rings. The van der Waals surface area contributed by atoms with Gasteiger partial charge in [-0.15, -0.1) is 0 Å². The summed E-state index contributed by atoms with van der Waals surface area (Å²) in [6.07, 6.45) is 2.43. The molecule has 1 atom stereocenters. The summed E-state index contributed by atoms with van der Waals surface area (Å²) in [5.74, 6) is -0.177. The third kappa shape index (κ3) is 3.27. The minimum absolute atomic E-state index is 0.114. The van der Waals surface area contributed by atoms with Gasteiger partial charge in [0.05, 0.1) is 0 Å². The van der Waals surface area contributed by atoms with E-state index in [0.29, 0.717) is 6.04 Å². The fourth-order valence-electron chi connectivity index (χ4n) is 2.44. The van der Waals surface area contributed by atoms with E-state index in [4.69, 9.17) is 0 Å². The zero-order valence-electron chi connectivity index (χ0n) is 10.6. The SMILES string of the molecule is CC(C)(NC1CCCNC1)c1ccc(F)cc1. The fourth-order valence-corrected chi connectivity index (χ4v) is 2.44. The molecule has 2 N–H and O–H groups in total. The first kappa shape index (κ1) is 12.5. The minimum atomic E-state index is -0.177. The molecule has 2 rings (SSSR count). The molecule has 94 valence electrons. The van der Waals surface area contributed by atoms with E-state index in [1.54, 1.807) is 0 Å². The van der Waals surface area contributed by atoms with Crippen LogP contribution in [0.2, 0.25) is 0 Å². The van der Waals surface area contributed by atoms with Gasteiger partial charge in [0.1, 0.15) is 5.82 Å². The Morgan fingerprint density at radius 2 is 2.00 bits per heavy atom. The van der Waals surface area contributed by atoms with Crippen molar-refractivity contribution in [3.8, 4) is 0 Å². The Morgan fingerprint density at radius 1 is 1.29 bits per heavy atom. The molecule has 0 spiro atoms. The van der Waals surface area contributed by atoms with Gasteiger partial charge in [0, 0.05) is 18.1 Å². The summed E-state index contributed by atoms with van der Waals surface area (Å²) < 4.78 is 12.9. The first-order chi connectivity index (χ1) is 8.08. The lowest BCUT2D eigenvalue weighted by molar-refractivity contribution is 0.294. The second-order valence-corrected chi connectivity index (χ2v) is 5.32. The highest BCUT2D eigenvalue weighted by molar-refractivity contribution is 5.23. The number of hydrogen-bond donors (Lipinski definition) is 2. The summed E-state index contributed by atoms with van der Waals surface area (Å²) in [6, 6.07) is 7.27. The van der Waals surface area contributed by atoms with Gasteiger partial charge in [-0.25, -0.2) is 4.39 Å². The average Bonchev–Trinajstić information content (AvgIpc) is 2.30. The van der Waals surface area contributed by atoms with Crippen LogP contribution in [0.25, 0.3) is 0 Å². The molecule has 0 bridgehead atoms. The van der Waals surface area contributed by atoms with E-state index in [0.717, 1.165) is 18.7 Å². The van der Waals surface area contributed by atoms with Crippen LogP contribution in [-0.4, -0.2) is 19.1 Å². The van der Waals surface area contributed by atoms with Crippen molar-refractivity contribution in [2.75, 3.05) is 13.1 Å². The molecule has 0 radical (unpaired) electrons. The van der Waals surface area contributed by atoms with Crippen molar-refractivity contribution in [3.05, 3.63) is 35.6 Å². The monoisotopic (exact) mass is 236 g/mol. The number of halogens is 1. The second-order valence-electron chi connectivity index (χ2n) is 5.32. The van der Waals surface area contributed by atoms with Crippen LogP contribution in [0.15, 0.2) is 24.3 Å². The predicted octanol–water partition coefficient (Wildman–Crippen LogP) is 2.40. The highest BCUT2D eigenvalue weighted by atomic mass is 19.1. The molecule has 1 aromatic carbocycles. The Bertz CT molecular complexity index is 353. The van der Waals surface area contributed by atoms with Crippen LogP contribution in [0.1, 0.15) is 32.3 Å². The Hall–Kier alpha value is -0.930. The molecule has 1 aromatic rings. The fraction of sp³-hybridized carbons (Fsp3) is 0.571. The van der Waals surface area contributed by atoms with Crippen LogP contribution in [-0.2, 0) is 5.54 Å². The lowest BCUT2D eigenvalue weighted by atomic mass is 9.92. The van der Waals surface area contributed by atoms with Crippen LogP contribution in [0.3, 0.4) is 0 Å². The van der Waals surface area contributed by atoms with Gasteiger partial charge in [-0.05, 0) is 50.9 Å². The summed E-state index contributed by atoms with van der Waals surface area (Å²) in [5.41, 5.74) is 1.02. The molecule has 1 saturated heterocycles. The van der Waals surface area contributed by atoms with E-state index in [-0.39, 0.29) is 11.4 Å². The molecule has 1 fully saturated rings. The van der Waals surface area contributed by atoms with E-state index in [2.05, 4.69) is 24.5 Å². The first-order valence-corrected chi connectivity index (χ1v) is 6.32. The Kier molecular flexibility index (Phi) is 3.79. The van der Waals surface area contributed by atoms with Crippen molar-refractivity contribution in [3.63, 3.8) is 0 Å². The van der Waals surface area contributed by atoms with Gasteiger partial charge >= 0.3 is 0 Å². The third-order valence-corrected chi connectivity index (χ3v) is 3.43. The topological polar surface area (TPSA) is 24.1 Å². The van der Waals surface area contributed by atoms with Crippen molar-refractivity contribution >= 4 is 0 Å². The molecule has 0 aromatic heterocycles. The smallest absolute Gasteiger partial charge is 0.123 e. The molecule has 3 heteroatoms. The van der Waals surface area contributed by atoms with E-state index >= 15 is 0 Å². The lowest BCUT2D eigenvalue weighted by Crippen LogP contribution is -2.50. The first-order valence-electron chi connectivity index (χ1n) is 6.32. The van der Waals surface area contributed by atoms with E-state index in [1.165, 1.54) is 25.0 Å². The molecular formula is C14H21FN2. The molecule has 0 saturated carbocycles. The second kappa shape index (κ2) is 5.15. The van der Waals surface area contributed by atoms with Crippen molar-refractivity contribution in [2.24, 2.45) is 0 Å². The highest BCUT2D eigenvalue weighted by Gasteiger charge is 2.24. The maximum Gasteiger partial charge on any atom is 0.123 e. The molecule has 1 aliphatic heterocycles. The van der Waals surface area contributed by atoms with Crippen LogP contribution < -0.4 is 10.6 Å².